The van der Waals surface area contributed by atoms with Crippen LogP contribution in [0.2, 0.25) is 0 Å². The van der Waals surface area contributed by atoms with Crippen LogP contribution in [-0.2, 0) is 0 Å². The molecule has 1 heterocycles. The molecule has 3 heteroatoms. The molecule has 0 atom stereocenters. The third-order valence-electron chi connectivity index (χ3n) is 2.87. The molecule has 0 aliphatic rings. The Morgan fingerprint density at radius 1 is 1.06 bits per heavy atom. The molecule has 0 saturated carbocycles. The maximum atomic E-state index is 13.3. The summed E-state index contributed by atoms with van der Waals surface area (Å²) in [6, 6.07) is 11.7. The predicted octanol–water partition coefficient (Wildman–Crippen LogP) is 3.75. The number of phenolic OH excluding ortho intramolecular Hbond substituents is 1. The molecule has 3 rings (SSSR count). The molecule has 3 aromatic rings. The molecule has 0 aliphatic heterocycles. The van der Waals surface area contributed by atoms with Gasteiger partial charge >= 0.3 is 0 Å². The maximum Gasteiger partial charge on any atom is 0.127 e. The minimum Gasteiger partial charge on any atom is -0.508 e. The molecule has 0 radical (unpaired) electrons. The molecule has 0 amide bonds. The molecule has 1 N–H and O–H groups in total. The highest BCUT2D eigenvalue weighted by molar-refractivity contribution is 5.96. The van der Waals surface area contributed by atoms with Crippen LogP contribution < -0.4 is 0 Å². The van der Waals surface area contributed by atoms with Crippen molar-refractivity contribution in [3.8, 4) is 16.9 Å². The molecule has 0 fully saturated rings. The first-order chi connectivity index (χ1) is 8.74. The van der Waals surface area contributed by atoms with Crippen LogP contribution in [-0.4, -0.2) is 10.1 Å². The van der Waals surface area contributed by atoms with Crippen LogP contribution in [0.3, 0.4) is 0 Å². The van der Waals surface area contributed by atoms with Crippen molar-refractivity contribution >= 4 is 10.8 Å². The van der Waals surface area contributed by atoms with E-state index in [0.29, 0.717) is 5.56 Å². The van der Waals surface area contributed by atoms with Crippen molar-refractivity contribution in [1.82, 2.24) is 4.98 Å². The van der Waals surface area contributed by atoms with Gasteiger partial charge in [-0.05, 0) is 34.7 Å². The van der Waals surface area contributed by atoms with Crippen molar-refractivity contribution in [3.63, 3.8) is 0 Å². The lowest BCUT2D eigenvalue weighted by molar-refractivity contribution is 0.469. The fraction of sp³-hybridized carbons (Fsp3) is 0. The Hall–Kier alpha value is -2.42. The Balaban J connectivity index is 2.31. The SMILES string of the molecule is Oc1cc(F)cc(-c2cccc3cnccc23)c1. The van der Waals surface area contributed by atoms with Crippen molar-refractivity contribution in [1.29, 1.82) is 0 Å². The van der Waals surface area contributed by atoms with E-state index in [0.717, 1.165) is 22.4 Å². The number of nitrogens with zero attached hydrogens (tertiary/aromatic N) is 1. The van der Waals surface area contributed by atoms with Gasteiger partial charge in [-0.3, -0.25) is 4.98 Å². The van der Waals surface area contributed by atoms with Crippen LogP contribution in [0, 0.1) is 5.82 Å². The van der Waals surface area contributed by atoms with E-state index in [1.807, 2.05) is 24.3 Å². The van der Waals surface area contributed by atoms with Crippen molar-refractivity contribution < 1.29 is 9.50 Å². The smallest absolute Gasteiger partial charge is 0.127 e. The molecule has 0 saturated heterocycles. The lowest BCUT2D eigenvalue weighted by Gasteiger charge is -2.07. The summed E-state index contributed by atoms with van der Waals surface area (Å²) in [6.45, 7) is 0. The number of rotatable bonds is 1. The minimum absolute atomic E-state index is 0.0731. The molecular weight excluding hydrogens is 229 g/mol. The van der Waals surface area contributed by atoms with Crippen LogP contribution in [0.15, 0.2) is 54.9 Å². The van der Waals surface area contributed by atoms with Gasteiger partial charge in [-0.1, -0.05) is 18.2 Å². The number of aromatic hydroxyl groups is 1. The Kier molecular flexibility index (Phi) is 2.45. The number of hydrogen-bond donors (Lipinski definition) is 1. The average Bonchev–Trinajstić information content (AvgIpc) is 2.37. The molecule has 1 aromatic heterocycles. The third kappa shape index (κ3) is 1.80. The molecule has 18 heavy (non-hydrogen) atoms. The number of benzene rings is 2. The number of pyridine rings is 1. The molecule has 0 aliphatic carbocycles. The molecule has 2 aromatic carbocycles. The molecule has 0 unspecified atom stereocenters. The molecule has 88 valence electrons. The number of phenols is 1. The van der Waals surface area contributed by atoms with Crippen molar-refractivity contribution in [2.45, 2.75) is 0 Å². The highest BCUT2D eigenvalue weighted by Crippen LogP contribution is 2.30. The van der Waals surface area contributed by atoms with E-state index in [2.05, 4.69) is 4.98 Å². The van der Waals surface area contributed by atoms with E-state index in [1.54, 1.807) is 18.5 Å². The summed E-state index contributed by atoms with van der Waals surface area (Å²) < 4.78 is 13.3. The topological polar surface area (TPSA) is 33.1 Å². The van der Waals surface area contributed by atoms with E-state index in [4.69, 9.17) is 0 Å². The van der Waals surface area contributed by atoms with Crippen LogP contribution in [0.1, 0.15) is 0 Å². The summed E-state index contributed by atoms with van der Waals surface area (Å²) >= 11 is 0. The molecular formula is C15H10FNO. The quantitative estimate of drug-likeness (QED) is 0.701. The van der Waals surface area contributed by atoms with E-state index in [1.165, 1.54) is 6.07 Å². The number of aromatic nitrogens is 1. The van der Waals surface area contributed by atoms with Crippen LogP contribution in [0.25, 0.3) is 21.9 Å². The fourth-order valence-corrected chi connectivity index (χ4v) is 2.10. The Morgan fingerprint density at radius 2 is 1.94 bits per heavy atom. The number of fused-ring (bicyclic) bond motifs is 1. The second-order valence-electron chi connectivity index (χ2n) is 4.10. The molecule has 0 bridgehead atoms. The zero-order chi connectivity index (χ0) is 12.5. The van der Waals surface area contributed by atoms with Crippen molar-refractivity contribution in [2.75, 3.05) is 0 Å². The van der Waals surface area contributed by atoms with Gasteiger partial charge < -0.3 is 5.11 Å². The van der Waals surface area contributed by atoms with Gasteiger partial charge in [0.2, 0.25) is 0 Å². The normalized spacial score (nSPS) is 10.7. The lowest BCUT2D eigenvalue weighted by atomic mass is 9.99. The van der Waals surface area contributed by atoms with Crippen molar-refractivity contribution in [2.24, 2.45) is 0 Å². The summed E-state index contributed by atoms with van der Waals surface area (Å²) in [6.07, 6.45) is 3.46. The zero-order valence-corrected chi connectivity index (χ0v) is 9.47. The summed E-state index contributed by atoms with van der Waals surface area (Å²) in [5, 5.41) is 11.4. The predicted molar refractivity (Wildman–Crippen MR) is 68.8 cm³/mol. The van der Waals surface area contributed by atoms with E-state index < -0.39 is 5.82 Å². The largest absolute Gasteiger partial charge is 0.508 e. The van der Waals surface area contributed by atoms with E-state index in [9.17, 15) is 9.50 Å². The maximum absolute atomic E-state index is 13.3. The minimum atomic E-state index is -0.448. The highest BCUT2D eigenvalue weighted by Gasteiger charge is 2.06. The van der Waals surface area contributed by atoms with Gasteiger partial charge in [0.15, 0.2) is 0 Å². The van der Waals surface area contributed by atoms with Crippen LogP contribution in [0.4, 0.5) is 4.39 Å². The molecule has 2 nitrogen and oxygen atoms in total. The van der Waals surface area contributed by atoms with E-state index >= 15 is 0 Å². The van der Waals surface area contributed by atoms with Crippen molar-refractivity contribution in [3.05, 3.63) is 60.7 Å². The average molecular weight is 239 g/mol. The van der Waals surface area contributed by atoms with Gasteiger partial charge in [0.25, 0.3) is 0 Å². The first-order valence-electron chi connectivity index (χ1n) is 5.57. The zero-order valence-electron chi connectivity index (χ0n) is 9.47. The highest BCUT2D eigenvalue weighted by atomic mass is 19.1. The second kappa shape index (κ2) is 4.11. The Bertz CT molecular complexity index is 699. The lowest BCUT2D eigenvalue weighted by Crippen LogP contribution is -1.84. The summed E-state index contributed by atoms with van der Waals surface area (Å²) in [7, 11) is 0. The first kappa shape index (κ1) is 10.7. The van der Waals surface area contributed by atoms with Gasteiger partial charge in [0.1, 0.15) is 11.6 Å². The monoisotopic (exact) mass is 239 g/mol. The second-order valence-corrected chi connectivity index (χ2v) is 4.10. The van der Waals surface area contributed by atoms with Gasteiger partial charge in [0, 0.05) is 23.8 Å². The van der Waals surface area contributed by atoms with Crippen LogP contribution in [0.5, 0.6) is 5.75 Å². The summed E-state index contributed by atoms with van der Waals surface area (Å²) in [5.41, 5.74) is 1.54. The van der Waals surface area contributed by atoms with Gasteiger partial charge in [-0.25, -0.2) is 4.39 Å². The summed E-state index contributed by atoms with van der Waals surface area (Å²) in [4.78, 5) is 4.06. The van der Waals surface area contributed by atoms with Gasteiger partial charge in [-0.2, -0.15) is 0 Å². The molecule has 0 spiro atoms. The fourth-order valence-electron chi connectivity index (χ4n) is 2.10. The first-order valence-corrected chi connectivity index (χ1v) is 5.57. The number of hydrogen-bond acceptors (Lipinski definition) is 2. The van der Waals surface area contributed by atoms with E-state index in [-0.39, 0.29) is 5.75 Å². The van der Waals surface area contributed by atoms with Gasteiger partial charge in [-0.15, -0.1) is 0 Å². The Labute approximate surface area is 103 Å². The van der Waals surface area contributed by atoms with Crippen LogP contribution >= 0.6 is 0 Å². The Morgan fingerprint density at radius 3 is 2.78 bits per heavy atom. The standard InChI is InChI=1S/C15H10FNO/c16-12-6-11(7-13(18)8-12)14-3-1-2-10-9-17-5-4-15(10)14/h1-9,18H. The summed E-state index contributed by atoms with van der Waals surface area (Å²) in [5.74, 6) is -0.521. The van der Waals surface area contributed by atoms with Gasteiger partial charge in [0.05, 0.1) is 0 Å². The third-order valence-corrected chi connectivity index (χ3v) is 2.87. The number of halogens is 1.